The molecule has 1 aromatic rings. The Bertz CT molecular complexity index is 680. The molecule has 1 fully saturated rings. The van der Waals surface area contributed by atoms with E-state index in [0.29, 0.717) is 12.0 Å². The number of rotatable bonds is 10. The monoisotopic (exact) mass is 405 g/mol. The molecule has 1 aliphatic rings. The second kappa shape index (κ2) is 12.6. The summed E-state index contributed by atoms with van der Waals surface area (Å²) >= 11 is 0. The molecule has 2 heterocycles. The molecule has 1 aliphatic heterocycles. The molecule has 7 heteroatoms. The lowest BCUT2D eigenvalue weighted by molar-refractivity contribution is 0.00867. The maximum Gasteiger partial charge on any atom is 0.250 e. The Labute approximate surface area is 175 Å². The minimum Gasteiger partial charge on any atom is -0.379 e. The van der Waals surface area contributed by atoms with Crippen LogP contribution in [-0.2, 0) is 11.3 Å². The summed E-state index contributed by atoms with van der Waals surface area (Å²) in [6.45, 7) is 15.4. The number of nitrogens with zero attached hydrogens (tertiary/aromatic N) is 3. The summed E-state index contributed by atoms with van der Waals surface area (Å²) in [6.07, 6.45) is 1.95. The van der Waals surface area contributed by atoms with Gasteiger partial charge in [0, 0.05) is 50.5 Å². The third-order valence-electron chi connectivity index (χ3n) is 5.43. The van der Waals surface area contributed by atoms with E-state index in [1.54, 1.807) is 6.07 Å². The highest BCUT2D eigenvalue weighted by atomic mass is 16.5. The minimum absolute atomic E-state index is 0.0794. The van der Waals surface area contributed by atoms with Crippen LogP contribution in [0.5, 0.6) is 0 Å². The van der Waals surface area contributed by atoms with Crippen molar-refractivity contribution in [3.63, 3.8) is 0 Å². The van der Waals surface area contributed by atoms with Gasteiger partial charge in [0.15, 0.2) is 5.96 Å². The SMILES string of the molecule is CCNC(=NCC(C(C)C)N1CCOCC1)NCCCCn1c(C)cccc1=O. The van der Waals surface area contributed by atoms with E-state index in [-0.39, 0.29) is 5.56 Å². The summed E-state index contributed by atoms with van der Waals surface area (Å²) in [6, 6.07) is 5.86. The zero-order chi connectivity index (χ0) is 21.1. The van der Waals surface area contributed by atoms with Crippen molar-refractivity contribution in [2.45, 2.75) is 53.1 Å². The van der Waals surface area contributed by atoms with Crippen LogP contribution in [0.15, 0.2) is 28.0 Å². The highest BCUT2D eigenvalue weighted by Crippen LogP contribution is 2.13. The van der Waals surface area contributed by atoms with Gasteiger partial charge in [0.2, 0.25) is 0 Å². The summed E-state index contributed by atoms with van der Waals surface area (Å²) in [4.78, 5) is 19.3. The fraction of sp³-hybridized carbons (Fsp3) is 0.727. The first-order chi connectivity index (χ1) is 14.0. The molecule has 0 aromatic carbocycles. The van der Waals surface area contributed by atoms with E-state index in [0.717, 1.165) is 77.0 Å². The molecule has 1 unspecified atom stereocenters. The van der Waals surface area contributed by atoms with Crippen LogP contribution in [-0.4, -0.2) is 67.4 Å². The van der Waals surface area contributed by atoms with E-state index in [1.807, 2.05) is 23.6 Å². The van der Waals surface area contributed by atoms with Crippen molar-refractivity contribution in [1.29, 1.82) is 0 Å². The number of unbranched alkanes of at least 4 members (excludes halogenated alkanes) is 1. The molecule has 2 N–H and O–H groups in total. The lowest BCUT2D eigenvalue weighted by Gasteiger charge is -2.36. The number of hydrogen-bond acceptors (Lipinski definition) is 4. The lowest BCUT2D eigenvalue weighted by atomic mass is 10.0. The first-order valence-electron chi connectivity index (χ1n) is 11.0. The Kier molecular flexibility index (Phi) is 10.2. The Morgan fingerprint density at radius 1 is 1.21 bits per heavy atom. The van der Waals surface area contributed by atoms with Crippen molar-refractivity contribution < 1.29 is 4.74 Å². The van der Waals surface area contributed by atoms with Gasteiger partial charge in [0.1, 0.15) is 0 Å². The summed E-state index contributed by atoms with van der Waals surface area (Å²) in [5.41, 5.74) is 1.10. The summed E-state index contributed by atoms with van der Waals surface area (Å²) in [7, 11) is 0. The van der Waals surface area contributed by atoms with Gasteiger partial charge in [-0.15, -0.1) is 0 Å². The number of guanidine groups is 1. The predicted octanol–water partition coefficient (Wildman–Crippen LogP) is 1.85. The van der Waals surface area contributed by atoms with Gasteiger partial charge in [-0.2, -0.15) is 0 Å². The van der Waals surface area contributed by atoms with Crippen molar-refractivity contribution in [1.82, 2.24) is 20.1 Å². The molecule has 29 heavy (non-hydrogen) atoms. The average Bonchev–Trinajstić information content (AvgIpc) is 2.70. The largest absolute Gasteiger partial charge is 0.379 e. The fourth-order valence-corrected chi connectivity index (χ4v) is 3.70. The molecule has 0 aliphatic carbocycles. The maximum atomic E-state index is 11.9. The topological polar surface area (TPSA) is 70.9 Å². The molecule has 1 aromatic heterocycles. The predicted molar refractivity (Wildman–Crippen MR) is 120 cm³/mol. The van der Waals surface area contributed by atoms with Crippen molar-refractivity contribution in [3.05, 3.63) is 34.2 Å². The van der Waals surface area contributed by atoms with Crippen molar-refractivity contribution >= 4 is 5.96 Å². The third-order valence-corrected chi connectivity index (χ3v) is 5.43. The highest BCUT2D eigenvalue weighted by Gasteiger charge is 2.23. The Morgan fingerprint density at radius 2 is 1.97 bits per heavy atom. The van der Waals surface area contributed by atoms with Gasteiger partial charge in [-0.1, -0.05) is 19.9 Å². The van der Waals surface area contributed by atoms with Crippen molar-refractivity contribution in [3.8, 4) is 0 Å². The second-order valence-corrected chi connectivity index (χ2v) is 7.97. The second-order valence-electron chi connectivity index (χ2n) is 7.97. The first kappa shape index (κ1) is 23.4. The van der Waals surface area contributed by atoms with Gasteiger partial charge in [-0.3, -0.25) is 14.7 Å². The molecule has 164 valence electrons. The molecule has 1 saturated heterocycles. The summed E-state index contributed by atoms with van der Waals surface area (Å²) in [5, 5.41) is 6.79. The number of aliphatic imine (C=N–C) groups is 1. The standard InChI is InChI=1S/C22H39N5O2/c1-5-23-22(25-17-20(18(2)3)26-13-15-29-16-14-26)24-11-6-7-12-27-19(4)9-8-10-21(27)28/h8-10,18,20H,5-7,11-17H2,1-4H3,(H2,23,24,25). The van der Waals surface area contributed by atoms with E-state index in [9.17, 15) is 4.79 Å². The van der Waals surface area contributed by atoms with Gasteiger partial charge in [-0.05, 0) is 38.7 Å². The zero-order valence-corrected chi connectivity index (χ0v) is 18.6. The summed E-state index contributed by atoms with van der Waals surface area (Å²) < 4.78 is 7.34. The molecule has 0 amide bonds. The number of morpholine rings is 1. The smallest absolute Gasteiger partial charge is 0.250 e. The summed E-state index contributed by atoms with van der Waals surface area (Å²) in [5.74, 6) is 1.42. The molecule has 2 rings (SSSR count). The number of hydrogen-bond donors (Lipinski definition) is 2. The van der Waals surface area contributed by atoms with Crippen LogP contribution in [0.2, 0.25) is 0 Å². The molecule has 0 saturated carbocycles. The lowest BCUT2D eigenvalue weighted by Crippen LogP contribution is -2.48. The van der Waals surface area contributed by atoms with Crippen LogP contribution in [0, 0.1) is 12.8 Å². The first-order valence-corrected chi connectivity index (χ1v) is 11.0. The van der Waals surface area contributed by atoms with Crippen LogP contribution in [0.25, 0.3) is 0 Å². The normalized spacial score (nSPS) is 16.8. The number of ether oxygens (including phenoxy) is 1. The zero-order valence-electron chi connectivity index (χ0n) is 18.6. The van der Waals surface area contributed by atoms with E-state index in [1.165, 1.54) is 0 Å². The Morgan fingerprint density at radius 3 is 2.62 bits per heavy atom. The maximum absolute atomic E-state index is 11.9. The minimum atomic E-state index is 0.0794. The molecular weight excluding hydrogens is 366 g/mol. The van der Waals surface area contributed by atoms with Gasteiger partial charge < -0.3 is 19.9 Å². The molecule has 1 atom stereocenters. The fourth-order valence-electron chi connectivity index (χ4n) is 3.70. The number of nitrogens with one attached hydrogen (secondary N) is 2. The van der Waals surface area contributed by atoms with Crippen LogP contribution < -0.4 is 16.2 Å². The molecule has 0 spiro atoms. The molecular formula is C22H39N5O2. The van der Waals surface area contributed by atoms with Gasteiger partial charge in [-0.25, -0.2) is 0 Å². The number of aromatic nitrogens is 1. The van der Waals surface area contributed by atoms with Gasteiger partial charge in [0.25, 0.3) is 5.56 Å². The van der Waals surface area contributed by atoms with Crippen LogP contribution in [0.4, 0.5) is 0 Å². The van der Waals surface area contributed by atoms with Crippen molar-refractivity contribution in [2.75, 3.05) is 45.9 Å². The molecule has 0 radical (unpaired) electrons. The Balaban J connectivity index is 1.81. The molecule has 0 bridgehead atoms. The van der Waals surface area contributed by atoms with Crippen molar-refractivity contribution in [2.24, 2.45) is 10.9 Å². The number of aryl methyl sites for hydroxylation is 1. The highest BCUT2D eigenvalue weighted by molar-refractivity contribution is 5.79. The van der Waals surface area contributed by atoms with E-state index in [2.05, 4.69) is 36.3 Å². The Hall–Kier alpha value is -1.86. The van der Waals surface area contributed by atoms with E-state index in [4.69, 9.17) is 9.73 Å². The quantitative estimate of drug-likeness (QED) is 0.353. The third kappa shape index (κ3) is 7.82. The number of pyridine rings is 1. The van der Waals surface area contributed by atoms with Crippen LogP contribution in [0.3, 0.4) is 0 Å². The van der Waals surface area contributed by atoms with Crippen LogP contribution in [0.1, 0.15) is 39.3 Å². The van der Waals surface area contributed by atoms with Crippen LogP contribution >= 0.6 is 0 Å². The average molecular weight is 406 g/mol. The van der Waals surface area contributed by atoms with E-state index < -0.39 is 0 Å². The van der Waals surface area contributed by atoms with Gasteiger partial charge in [0.05, 0.1) is 19.8 Å². The molecule has 7 nitrogen and oxygen atoms in total. The van der Waals surface area contributed by atoms with Gasteiger partial charge >= 0.3 is 0 Å². The van der Waals surface area contributed by atoms with E-state index >= 15 is 0 Å².